The van der Waals surface area contributed by atoms with Crippen molar-refractivity contribution in [3.05, 3.63) is 64.8 Å². The molecule has 0 radical (unpaired) electrons. The van der Waals surface area contributed by atoms with Gasteiger partial charge >= 0.3 is 0 Å². The maximum Gasteiger partial charge on any atom is 0.227 e. The molecule has 0 bridgehead atoms. The second-order valence-electron chi connectivity index (χ2n) is 6.43. The maximum absolute atomic E-state index is 12.9. The number of carbonyl (C=O) groups is 1. The summed E-state index contributed by atoms with van der Waals surface area (Å²) in [6.45, 7) is 4.02. The van der Waals surface area contributed by atoms with Gasteiger partial charge in [0.1, 0.15) is 5.82 Å². The van der Waals surface area contributed by atoms with Gasteiger partial charge in [0, 0.05) is 17.4 Å². The second-order valence-corrected chi connectivity index (χ2v) is 9.39. The number of hydrogen-bond donors (Lipinski definition) is 1. The van der Waals surface area contributed by atoms with Gasteiger partial charge in [-0.2, -0.15) is 0 Å². The Kier molecular flexibility index (Phi) is 5.90. The van der Waals surface area contributed by atoms with Crippen molar-refractivity contribution in [2.24, 2.45) is 0 Å². The number of sulfone groups is 1. The molecule has 1 amide bonds. The summed E-state index contributed by atoms with van der Waals surface area (Å²) in [5.41, 5.74) is 4.00. The number of benzene rings is 2. The standard InChI is InChI=1S/C20H19FN2O3S2/c1-13-3-8-17(14(2)11-13)18-12-27-20(22-18)23-19(24)9-10-28(25,26)16-6-4-15(21)5-7-16/h3-8,11-12H,9-10H2,1-2H3,(H,22,23,24). The molecule has 5 nitrogen and oxygen atoms in total. The SMILES string of the molecule is Cc1ccc(-c2csc(NC(=O)CCS(=O)(=O)c3ccc(F)cc3)n2)c(C)c1. The van der Waals surface area contributed by atoms with Crippen LogP contribution in [0.2, 0.25) is 0 Å². The van der Waals surface area contributed by atoms with Crippen molar-refractivity contribution < 1.29 is 17.6 Å². The van der Waals surface area contributed by atoms with Crippen LogP contribution in [0.15, 0.2) is 52.7 Å². The van der Waals surface area contributed by atoms with E-state index in [-0.39, 0.29) is 17.1 Å². The Hall–Kier alpha value is -2.58. The fraction of sp³-hybridized carbons (Fsp3) is 0.200. The Morgan fingerprint density at radius 3 is 2.54 bits per heavy atom. The molecule has 0 aliphatic rings. The van der Waals surface area contributed by atoms with E-state index >= 15 is 0 Å². The molecule has 3 aromatic rings. The van der Waals surface area contributed by atoms with E-state index in [1.54, 1.807) is 0 Å². The van der Waals surface area contributed by atoms with Crippen LogP contribution in [-0.4, -0.2) is 25.1 Å². The minimum absolute atomic E-state index is 0.00641. The van der Waals surface area contributed by atoms with Gasteiger partial charge in [-0.3, -0.25) is 4.79 Å². The highest BCUT2D eigenvalue weighted by Gasteiger charge is 2.17. The molecule has 1 aromatic heterocycles. The molecule has 0 atom stereocenters. The zero-order valence-electron chi connectivity index (χ0n) is 15.4. The predicted octanol–water partition coefficient (Wildman–Crippen LogP) is 4.37. The molecule has 0 saturated heterocycles. The Morgan fingerprint density at radius 1 is 1.14 bits per heavy atom. The molecule has 2 aromatic carbocycles. The summed E-state index contributed by atoms with van der Waals surface area (Å²) in [7, 11) is -3.66. The zero-order chi connectivity index (χ0) is 20.3. The second kappa shape index (κ2) is 8.20. The molecule has 8 heteroatoms. The number of aromatic nitrogens is 1. The molecule has 0 aliphatic heterocycles. The first-order valence-electron chi connectivity index (χ1n) is 8.56. The third kappa shape index (κ3) is 4.82. The van der Waals surface area contributed by atoms with E-state index in [1.807, 2.05) is 31.4 Å². The maximum atomic E-state index is 12.9. The molecule has 146 valence electrons. The van der Waals surface area contributed by atoms with E-state index in [1.165, 1.54) is 23.5 Å². The van der Waals surface area contributed by atoms with Crippen LogP contribution < -0.4 is 5.32 Å². The lowest BCUT2D eigenvalue weighted by molar-refractivity contribution is -0.115. The molecule has 28 heavy (non-hydrogen) atoms. The number of carbonyl (C=O) groups excluding carboxylic acids is 1. The Bertz CT molecular complexity index is 1110. The number of halogens is 1. The third-order valence-electron chi connectivity index (χ3n) is 4.18. The average Bonchev–Trinajstić information content (AvgIpc) is 3.08. The topological polar surface area (TPSA) is 76.1 Å². The smallest absolute Gasteiger partial charge is 0.227 e. The van der Waals surface area contributed by atoms with Crippen molar-refractivity contribution in [3.8, 4) is 11.3 Å². The first kappa shape index (κ1) is 20.2. The van der Waals surface area contributed by atoms with Gasteiger partial charge in [0.15, 0.2) is 15.0 Å². The van der Waals surface area contributed by atoms with Crippen LogP contribution >= 0.6 is 11.3 Å². The number of nitrogens with one attached hydrogen (secondary N) is 1. The lowest BCUT2D eigenvalue weighted by atomic mass is 10.0. The summed E-state index contributed by atoms with van der Waals surface area (Å²) < 4.78 is 37.4. The lowest BCUT2D eigenvalue weighted by Crippen LogP contribution is -2.17. The molecule has 0 aliphatic carbocycles. The molecule has 1 N–H and O–H groups in total. The molecule has 0 fully saturated rings. The number of hydrogen-bond acceptors (Lipinski definition) is 5. The minimum atomic E-state index is -3.66. The number of anilines is 1. The molecule has 0 saturated carbocycles. The summed E-state index contributed by atoms with van der Waals surface area (Å²) in [6.07, 6.45) is -0.210. The van der Waals surface area contributed by atoms with Gasteiger partial charge in [0.2, 0.25) is 5.91 Å². The van der Waals surface area contributed by atoms with Crippen molar-refractivity contribution in [2.45, 2.75) is 25.2 Å². The Balaban J connectivity index is 1.62. The van der Waals surface area contributed by atoms with E-state index in [0.717, 1.165) is 34.5 Å². The quantitative estimate of drug-likeness (QED) is 0.603. The fourth-order valence-electron chi connectivity index (χ4n) is 2.72. The molecule has 0 spiro atoms. The number of nitrogens with zero attached hydrogens (tertiary/aromatic N) is 1. The fourth-order valence-corrected chi connectivity index (χ4v) is 4.69. The first-order chi connectivity index (χ1) is 13.2. The van der Waals surface area contributed by atoms with Crippen LogP contribution in [-0.2, 0) is 14.6 Å². The first-order valence-corrected chi connectivity index (χ1v) is 11.1. The van der Waals surface area contributed by atoms with Crippen LogP contribution in [0.4, 0.5) is 9.52 Å². The van der Waals surface area contributed by atoms with Crippen LogP contribution in [0.3, 0.4) is 0 Å². The normalized spacial score (nSPS) is 11.4. The highest BCUT2D eigenvalue weighted by atomic mass is 32.2. The summed E-state index contributed by atoms with van der Waals surface area (Å²) in [6, 6.07) is 10.6. The number of thiazole rings is 1. The molecule has 0 unspecified atom stereocenters. The van der Waals surface area contributed by atoms with Gasteiger partial charge in [-0.25, -0.2) is 17.8 Å². The Morgan fingerprint density at radius 2 is 1.86 bits per heavy atom. The highest BCUT2D eigenvalue weighted by molar-refractivity contribution is 7.91. The van der Waals surface area contributed by atoms with Crippen molar-refractivity contribution >= 4 is 32.2 Å². The summed E-state index contributed by atoms with van der Waals surface area (Å²) in [5, 5.41) is 4.91. The Labute approximate surface area is 167 Å². The summed E-state index contributed by atoms with van der Waals surface area (Å²) in [5.74, 6) is -1.31. The van der Waals surface area contributed by atoms with Gasteiger partial charge in [-0.15, -0.1) is 11.3 Å². The van der Waals surface area contributed by atoms with Crippen molar-refractivity contribution in [1.82, 2.24) is 4.98 Å². The number of aryl methyl sites for hydroxylation is 2. The molecular weight excluding hydrogens is 399 g/mol. The van der Waals surface area contributed by atoms with Gasteiger partial charge in [0.05, 0.1) is 16.3 Å². The van der Waals surface area contributed by atoms with E-state index in [0.29, 0.717) is 5.13 Å². The summed E-state index contributed by atoms with van der Waals surface area (Å²) in [4.78, 5) is 16.5. The van der Waals surface area contributed by atoms with Crippen LogP contribution in [0.5, 0.6) is 0 Å². The monoisotopic (exact) mass is 418 g/mol. The third-order valence-corrected chi connectivity index (χ3v) is 6.67. The van der Waals surface area contributed by atoms with Crippen molar-refractivity contribution in [2.75, 3.05) is 11.1 Å². The van der Waals surface area contributed by atoms with Gasteiger partial charge < -0.3 is 5.32 Å². The van der Waals surface area contributed by atoms with E-state index in [9.17, 15) is 17.6 Å². The summed E-state index contributed by atoms with van der Waals surface area (Å²) >= 11 is 1.28. The van der Waals surface area contributed by atoms with Crippen LogP contribution in [0.1, 0.15) is 17.5 Å². The number of amides is 1. The van der Waals surface area contributed by atoms with E-state index in [2.05, 4.69) is 16.4 Å². The molecule has 3 rings (SSSR count). The van der Waals surface area contributed by atoms with Gasteiger partial charge in [0.25, 0.3) is 0 Å². The number of rotatable bonds is 6. The highest BCUT2D eigenvalue weighted by Crippen LogP contribution is 2.28. The van der Waals surface area contributed by atoms with Crippen molar-refractivity contribution in [3.63, 3.8) is 0 Å². The van der Waals surface area contributed by atoms with E-state index in [4.69, 9.17) is 0 Å². The van der Waals surface area contributed by atoms with Gasteiger partial charge in [-0.05, 0) is 43.7 Å². The minimum Gasteiger partial charge on any atom is -0.302 e. The van der Waals surface area contributed by atoms with Crippen LogP contribution in [0.25, 0.3) is 11.3 Å². The van der Waals surface area contributed by atoms with Gasteiger partial charge in [-0.1, -0.05) is 23.8 Å². The largest absolute Gasteiger partial charge is 0.302 e. The lowest BCUT2D eigenvalue weighted by Gasteiger charge is -2.05. The average molecular weight is 419 g/mol. The molecular formula is C20H19FN2O3S2. The van der Waals surface area contributed by atoms with Crippen molar-refractivity contribution in [1.29, 1.82) is 0 Å². The predicted molar refractivity (Wildman–Crippen MR) is 109 cm³/mol. The van der Waals surface area contributed by atoms with Crippen LogP contribution in [0, 0.1) is 19.7 Å². The van der Waals surface area contributed by atoms with E-state index < -0.39 is 21.6 Å². The molecule has 1 heterocycles. The zero-order valence-corrected chi connectivity index (χ0v) is 17.0.